The Morgan fingerprint density at radius 3 is 2.86 bits per heavy atom. The molecule has 0 spiro atoms. The molecule has 2 nitrogen and oxygen atoms in total. The van der Waals surface area contributed by atoms with E-state index >= 15 is 0 Å². The number of hydrogen-bond donors (Lipinski definition) is 2. The molecule has 1 fully saturated rings. The van der Waals surface area contributed by atoms with Crippen molar-refractivity contribution in [3.05, 3.63) is 35.4 Å². The Bertz CT molecular complexity index is 369. The highest BCUT2D eigenvalue weighted by atomic mass is 32.2. The van der Waals surface area contributed by atoms with Crippen molar-refractivity contribution in [2.75, 3.05) is 0 Å². The van der Waals surface area contributed by atoms with Gasteiger partial charge in [-0.25, -0.2) is 0 Å². The fourth-order valence-electron chi connectivity index (χ4n) is 1.48. The molecule has 0 saturated heterocycles. The monoisotopic (exact) mass is 204 g/mol. The third-order valence-electron chi connectivity index (χ3n) is 2.37. The van der Waals surface area contributed by atoms with Crippen molar-refractivity contribution in [3.8, 4) is 0 Å². The molecule has 0 unspecified atom stereocenters. The minimum atomic E-state index is 0.461. The molecule has 0 radical (unpaired) electrons. The summed E-state index contributed by atoms with van der Waals surface area (Å²) in [6.45, 7) is 0. The first-order valence-corrected chi connectivity index (χ1v) is 5.53. The first-order chi connectivity index (χ1) is 6.81. The van der Waals surface area contributed by atoms with Crippen LogP contribution in [0.5, 0.6) is 0 Å². The molecule has 0 bridgehead atoms. The number of nitrogens with one attached hydrogen (secondary N) is 2. The second-order valence-corrected chi connectivity index (χ2v) is 4.34. The summed E-state index contributed by atoms with van der Waals surface area (Å²) >= 11 is 1.15. The molecule has 3 heteroatoms. The van der Waals surface area contributed by atoms with Gasteiger partial charge >= 0.3 is 0 Å². The van der Waals surface area contributed by atoms with Crippen LogP contribution in [-0.4, -0.2) is 10.6 Å². The molecule has 1 aliphatic rings. The molecule has 0 aliphatic heterocycles. The summed E-state index contributed by atoms with van der Waals surface area (Å²) in [6.07, 6.45) is 2.57. The maximum absolute atomic E-state index is 7.70. The van der Waals surface area contributed by atoms with Crippen molar-refractivity contribution < 1.29 is 0 Å². The zero-order valence-corrected chi connectivity index (χ0v) is 8.60. The zero-order valence-electron chi connectivity index (χ0n) is 7.79. The van der Waals surface area contributed by atoms with Gasteiger partial charge in [-0.2, -0.15) is 0 Å². The standard InChI is InChI=1S/C11H12N2S/c12-7-14-11(13)10-3-1-2-9(6-10)8-4-5-8/h1-3,6-8,12-13H,4-5H2. The molecule has 14 heavy (non-hydrogen) atoms. The average Bonchev–Trinajstić information content (AvgIpc) is 3.02. The van der Waals surface area contributed by atoms with Gasteiger partial charge in [0, 0.05) is 5.56 Å². The van der Waals surface area contributed by atoms with E-state index in [2.05, 4.69) is 12.1 Å². The van der Waals surface area contributed by atoms with Crippen LogP contribution in [0.3, 0.4) is 0 Å². The van der Waals surface area contributed by atoms with Crippen LogP contribution in [0.1, 0.15) is 29.9 Å². The van der Waals surface area contributed by atoms with Crippen molar-refractivity contribution in [1.82, 2.24) is 0 Å². The van der Waals surface area contributed by atoms with Gasteiger partial charge in [-0.3, -0.25) is 5.41 Å². The van der Waals surface area contributed by atoms with Gasteiger partial charge in [-0.1, -0.05) is 30.0 Å². The molecule has 1 saturated carbocycles. The van der Waals surface area contributed by atoms with E-state index in [-0.39, 0.29) is 0 Å². The SMILES string of the molecule is N=CSC(=N)c1cccc(C2CC2)c1. The molecule has 72 valence electrons. The van der Waals surface area contributed by atoms with Crippen LogP contribution >= 0.6 is 11.8 Å². The Morgan fingerprint density at radius 2 is 2.21 bits per heavy atom. The molecule has 0 atom stereocenters. The van der Waals surface area contributed by atoms with E-state index in [1.807, 2.05) is 12.1 Å². The second-order valence-electron chi connectivity index (χ2n) is 3.46. The van der Waals surface area contributed by atoms with Crippen LogP contribution in [0.2, 0.25) is 0 Å². The third-order valence-corrected chi connectivity index (χ3v) is 2.96. The van der Waals surface area contributed by atoms with Gasteiger partial charge in [-0.15, -0.1) is 0 Å². The molecule has 1 aliphatic carbocycles. The van der Waals surface area contributed by atoms with E-state index in [0.29, 0.717) is 5.04 Å². The summed E-state index contributed by atoms with van der Waals surface area (Å²) in [4.78, 5) is 0. The van der Waals surface area contributed by atoms with Gasteiger partial charge in [0.05, 0.1) is 10.6 Å². The van der Waals surface area contributed by atoms with E-state index in [1.165, 1.54) is 24.0 Å². The van der Waals surface area contributed by atoms with E-state index in [4.69, 9.17) is 10.8 Å². The molecule has 2 N–H and O–H groups in total. The van der Waals surface area contributed by atoms with Crippen LogP contribution in [0.4, 0.5) is 0 Å². The summed E-state index contributed by atoms with van der Waals surface area (Å²) < 4.78 is 0. The maximum atomic E-state index is 7.70. The summed E-state index contributed by atoms with van der Waals surface area (Å²) in [6, 6.07) is 8.15. The molecular weight excluding hydrogens is 192 g/mol. The Labute approximate surface area is 87.7 Å². The molecule has 2 rings (SSSR count). The van der Waals surface area contributed by atoms with Crippen LogP contribution in [0, 0.1) is 10.8 Å². The minimum absolute atomic E-state index is 0.461. The second kappa shape index (κ2) is 3.96. The lowest BCUT2D eigenvalue weighted by Crippen LogP contribution is -1.94. The summed E-state index contributed by atoms with van der Waals surface area (Å²) in [5.74, 6) is 0.729. The van der Waals surface area contributed by atoms with E-state index in [1.54, 1.807) is 0 Å². The van der Waals surface area contributed by atoms with Gasteiger partial charge in [0.2, 0.25) is 0 Å². The van der Waals surface area contributed by atoms with Crippen molar-refractivity contribution >= 4 is 22.4 Å². The topological polar surface area (TPSA) is 47.7 Å². The molecule has 0 heterocycles. The Morgan fingerprint density at radius 1 is 1.43 bits per heavy atom. The van der Waals surface area contributed by atoms with E-state index in [9.17, 15) is 0 Å². The Kier molecular flexibility index (Phi) is 2.68. The van der Waals surface area contributed by atoms with Gasteiger partial charge < -0.3 is 5.41 Å². The summed E-state index contributed by atoms with van der Waals surface area (Å²) in [5.41, 5.74) is 3.48. The smallest absolute Gasteiger partial charge is 0.0999 e. The normalized spacial score (nSPS) is 15.1. The first kappa shape index (κ1) is 9.46. The van der Waals surface area contributed by atoms with Crippen LogP contribution in [-0.2, 0) is 0 Å². The van der Waals surface area contributed by atoms with Crippen molar-refractivity contribution in [3.63, 3.8) is 0 Å². The van der Waals surface area contributed by atoms with E-state index in [0.717, 1.165) is 23.2 Å². The minimum Gasteiger partial charge on any atom is -0.301 e. The van der Waals surface area contributed by atoms with E-state index < -0.39 is 0 Å². The van der Waals surface area contributed by atoms with Crippen LogP contribution < -0.4 is 0 Å². The molecular formula is C11H12N2S. The van der Waals surface area contributed by atoms with Crippen molar-refractivity contribution in [2.45, 2.75) is 18.8 Å². The average molecular weight is 204 g/mol. The summed E-state index contributed by atoms with van der Waals surface area (Å²) in [5, 5.41) is 15.1. The lowest BCUT2D eigenvalue weighted by Gasteiger charge is -2.03. The highest BCUT2D eigenvalue weighted by Crippen LogP contribution is 2.40. The molecule has 0 aromatic heterocycles. The number of hydrogen-bond acceptors (Lipinski definition) is 3. The zero-order chi connectivity index (χ0) is 9.97. The number of benzene rings is 1. The van der Waals surface area contributed by atoms with Crippen molar-refractivity contribution in [1.29, 1.82) is 10.8 Å². The number of rotatable bonds is 3. The van der Waals surface area contributed by atoms with Crippen LogP contribution in [0.25, 0.3) is 0 Å². The predicted molar refractivity (Wildman–Crippen MR) is 61.6 cm³/mol. The number of thioether (sulfide) groups is 1. The fourth-order valence-corrected chi connectivity index (χ4v) is 1.86. The molecule has 1 aromatic carbocycles. The van der Waals surface area contributed by atoms with Crippen LogP contribution in [0.15, 0.2) is 24.3 Å². The van der Waals surface area contributed by atoms with Crippen molar-refractivity contribution in [2.24, 2.45) is 0 Å². The van der Waals surface area contributed by atoms with Gasteiger partial charge in [-0.05, 0) is 30.4 Å². The Balaban J connectivity index is 2.20. The summed E-state index contributed by atoms with van der Waals surface area (Å²) in [7, 11) is 0. The maximum Gasteiger partial charge on any atom is 0.0999 e. The highest BCUT2D eigenvalue weighted by Gasteiger charge is 2.23. The largest absolute Gasteiger partial charge is 0.301 e. The third kappa shape index (κ3) is 2.04. The van der Waals surface area contributed by atoms with Gasteiger partial charge in [0.1, 0.15) is 0 Å². The molecule has 1 aromatic rings. The lowest BCUT2D eigenvalue weighted by molar-refractivity contribution is 1.13. The molecule has 0 amide bonds. The van der Waals surface area contributed by atoms with Gasteiger partial charge in [0.25, 0.3) is 0 Å². The highest BCUT2D eigenvalue weighted by molar-refractivity contribution is 8.25. The predicted octanol–water partition coefficient (Wildman–Crippen LogP) is 3.23. The fraction of sp³-hybridized carbons (Fsp3) is 0.273. The van der Waals surface area contributed by atoms with Gasteiger partial charge in [0.15, 0.2) is 0 Å². The Hall–Kier alpha value is -1.09. The lowest BCUT2D eigenvalue weighted by atomic mass is 10.1. The quantitative estimate of drug-likeness (QED) is 0.576. The first-order valence-electron chi connectivity index (χ1n) is 4.66.